The molecule has 0 aliphatic carbocycles. The zero-order valence-corrected chi connectivity index (χ0v) is 11.3. The summed E-state index contributed by atoms with van der Waals surface area (Å²) in [5, 5.41) is 19.8. The summed E-state index contributed by atoms with van der Waals surface area (Å²) < 4.78 is 10.6. The number of benzene rings is 2. The SMILES string of the molecule is COc1cc(COc2ccccc2[N+](=O)[O-])ccc1C#N. The maximum atomic E-state index is 10.9. The van der Waals surface area contributed by atoms with Crippen molar-refractivity contribution in [2.75, 3.05) is 7.11 Å². The molecule has 2 aromatic carbocycles. The first-order valence-corrected chi connectivity index (χ1v) is 6.09. The molecule has 2 rings (SSSR count). The maximum Gasteiger partial charge on any atom is 0.310 e. The number of methoxy groups -OCH3 is 1. The van der Waals surface area contributed by atoms with Crippen molar-refractivity contribution in [3.05, 3.63) is 63.7 Å². The summed E-state index contributed by atoms with van der Waals surface area (Å²) in [5.41, 5.74) is 1.09. The molecule has 0 saturated carbocycles. The van der Waals surface area contributed by atoms with Gasteiger partial charge in [-0.1, -0.05) is 18.2 Å². The summed E-state index contributed by atoms with van der Waals surface area (Å²) in [6.45, 7) is 0.146. The van der Waals surface area contributed by atoms with E-state index in [0.29, 0.717) is 11.3 Å². The van der Waals surface area contributed by atoms with Gasteiger partial charge < -0.3 is 9.47 Å². The van der Waals surface area contributed by atoms with E-state index in [1.54, 1.807) is 36.4 Å². The summed E-state index contributed by atoms with van der Waals surface area (Å²) in [6.07, 6.45) is 0. The van der Waals surface area contributed by atoms with Crippen molar-refractivity contribution in [1.82, 2.24) is 0 Å². The van der Waals surface area contributed by atoms with Crippen LogP contribution in [0.3, 0.4) is 0 Å². The second-order valence-corrected chi connectivity index (χ2v) is 4.16. The van der Waals surface area contributed by atoms with Gasteiger partial charge >= 0.3 is 5.69 Å². The zero-order chi connectivity index (χ0) is 15.2. The first-order valence-electron chi connectivity index (χ1n) is 6.09. The Labute approximate surface area is 121 Å². The summed E-state index contributed by atoms with van der Waals surface area (Å²) in [4.78, 5) is 10.4. The fraction of sp³-hybridized carbons (Fsp3) is 0.133. The van der Waals surface area contributed by atoms with Crippen molar-refractivity contribution in [3.63, 3.8) is 0 Å². The molecule has 0 radical (unpaired) electrons. The van der Waals surface area contributed by atoms with Gasteiger partial charge in [0.1, 0.15) is 18.4 Å². The molecule has 0 fully saturated rings. The minimum absolute atomic E-state index is 0.0851. The van der Waals surface area contributed by atoms with E-state index in [1.165, 1.54) is 13.2 Å². The lowest BCUT2D eigenvalue weighted by atomic mass is 10.1. The highest BCUT2D eigenvalue weighted by molar-refractivity contribution is 5.47. The predicted octanol–water partition coefficient (Wildman–Crippen LogP) is 3.05. The van der Waals surface area contributed by atoms with Gasteiger partial charge in [0.2, 0.25) is 0 Å². The molecule has 0 spiro atoms. The fourth-order valence-corrected chi connectivity index (χ4v) is 1.81. The predicted molar refractivity (Wildman–Crippen MR) is 75.1 cm³/mol. The second kappa shape index (κ2) is 6.39. The van der Waals surface area contributed by atoms with Crippen LogP contribution in [0, 0.1) is 21.4 Å². The molecule has 0 atom stereocenters. The van der Waals surface area contributed by atoms with E-state index in [4.69, 9.17) is 14.7 Å². The number of nitrogens with zero attached hydrogens (tertiary/aromatic N) is 2. The topological polar surface area (TPSA) is 85.4 Å². The molecular formula is C15H12N2O4. The molecule has 0 saturated heterocycles. The van der Waals surface area contributed by atoms with Crippen molar-refractivity contribution in [2.45, 2.75) is 6.61 Å². The molecular weight excluding hydrogens is 272 g/mol. The van der Waals surface area contributed by atoms with Gasteiger partial charge in [-0.25, -0.2) is 0 Å². The molecule has 21 heavy (non-hydrogen) atoms. The van der Waals surface area contributed by atoms with Crippen molar-refractivity contribution >= 4 is 5.69 Å². The van der Waals surface area contributed by atoms with Crippen LogP contribution >= 0.6 is 0 Å². The van der Waals surface area contributed by atoms with Gasteiger partial charge in [0.15, 0.2) is 5.75 Å². The molecule has 0 aliphatic rings. The third-order valence-electron chi connectivity index (χ3n) is 2.84. The number of rotatable bonds is 5. The Kier molecular flexibility index (Phi) is 4.36. The fourth-order valence-electron chi connectivity index (χ4n) is 1.81. The third-order valence-corrected chi connectivity index (χ3v) is 2.84. The molecule has 2 aromatic rings. The monoisotopic (exact) mass is 284 g/mol. The van der Waals surface area contributed by atoms with Gasteiger partial charge in [-0.05, 0) is 23.8 Å². The van der Waals surface area contributed by atoms with E-state index in [9.17, 15) is 10.1 Å². The van der Waals surface area contributed by atoms with E-state index in [2.05, 4.69) is 0 Å². The van der Waals surface area contributed by atoms with E-state index in [1.807, 2.05) is 6.07 Å². The number of ether oxygens (including phenoxy) is 2. The minimum Gasteiger partial charge on any atom is -0.495 e. The van der Waals surface area contributed by atoms with Gasteiger partial charge in [-0.2, -0.15) is 5.26 Å². The standard InChI is InChI=1S/C15H12N2O4/c1-20-15-8-11(6-7-12(15)9-16)10-21-14-5-3-2-4-13(14)17(18)19/h2-8H,10H2,1H3. The van der Waals surface area contributed by atoms with Crippen LogP contribution in [0.5, 0.6) is 11.5 Å². The Bertz CT molecular complexity index is 707. The molecule has 0 N–H and O–H groups in total. The third kappa shape index (κ3) is 3.28. The molecule has 0 aliphatic heterocycles. The molecule has 0 amide bonds. The Hall–Kier alpha value is -3.07. The van der Waals surface area contributed by atoms with Crippen molar-refractivity contribution < 1.29 is 14.4 Å². The zero-order valence-electron chi connectivity index (χ0n) is 11.3. The number of nitro groups is 1. The van der Waals surface area contributed by atoms with Crippen LogP contribution in [0.15, 0.2) is 42.5 Å². The van der Waals surface area contributed by atoms with Crippen LogP contribution in [-0.4, -0.2) is 12.0 Å². The highest BCUT2D eigenvalue weighted by Crippen LogP contribution is 2.27. The van der Waals surface area contributed by atoms with E-state index in [-0.39, 0.29) is 18.0 Å². The molecule has 0 heterocycles. The summed E-state index contributed by atoms with van der Waals surface area (Å²) in [5.74, 6) is 0.645. The van der Waals surface area contributed by atoms with Crippen LogP contribution in [0.2, 0.25) is 0 Å². The van der Waals surface area contributed by atoms with Crippen LogP contribution in [-0.2, 0) is 6.61 Å². The minimum atomic E-state index is -0.491. The molecule has 0 bridgehead atoms. The summed E-state index contributed by atoms with van der Waals surface area (Å²) >= 11 is 0. The van der Waals surface area contributed by atoms with Gasteiger partial charge in [-0.15, -0.1) is 0 Å². The number of para-hydroxylation sites is 2. The average Bonchev–Trinajstić information content (AvgIpc) is 2.52. The summed E-state index contributed by atoms with van der Waals surface area (Å²) in [6, 6.07) is 13.2. The van der Waals surface area contributed by atoms with Gasteiger partial charge in [0.25, 0.3) is 0 Å². The summed E-state index contributed by atoms with van der Waals surface area (Å²) in [7, 11) is 1.48. The van der Waals surface area contributed by atoms with Gasteiger partial charge in [0.05, 0.1) is 17.6 Å². The van der Waals surface area contributed by atoms with Crippen molar-refractivity contribution in [1.29, 1.82) is 5.26 Å². The molecule has 6 nitrogen and oxygen atoms in total. The van der Waals surface area contributed by atoms with E-state index in [0.717, 1.165) is 5.56 Å². The van der Waals surface area contributed by atoms with Crippen LogP contribution in [0.1, 0.15) is 11.1 Å². The van der Waals surface area contributed by atoms with Gasteiger partial charge in [-0.3, -0.25) is 10.1 Å². The van der Waals surface area contributed by atoms with Crippen molar-refractivity contribution in [2.24, 2.45) is 0 Å². The number of nitro benzene ring substituents is 1. The molecule has 0 aromatic heterocycles. The lowest BCUT2D eigenvalue weighted by Crippen LogP contribution is -2.00. The Morgan fingerprint density at radius 1 is 1.24 bits per heavy atom. The molecule has 6 heteroatoms. The highest BCUT2D eigenvalue weighted by Gasteiger charge is 2.14. The second-order valence-electron chi connectivity index (χ2n) is 4.16. The lowest BCUT2D eigenvalue weighted by Gasteiger charge is -2.08. The Morgan fingerprint density at radius 3 is 2.67 bits per heavy atom. The highest BCUT2D eigenvalue weighted by atomic mass is 16.6. The Balaban J connectivity index is 2.18. The van der Waals surface area contributed by atoms with E-state index >= 15 is 0 Å². The van der Waals surface area contributed by atoms with Crippen LogP contribution < -0.4 is 9.47 Å². The molecule has 0 unspecified atom stereocenters. The average molecular weight is 284 g/mol. The smallest absolute Gasteiger partial charge is 0.310 e. The first-order chi connectivity index (χ1) is 10.2. The number of hydrogen-bond donors (Lipinski definition) is 0. The van der Waals surface area contributed by atoms with Crippen LogP contribution in [0.25, 0.3) is 0 Å². The maximum absolute atomic E-state index is 10.9. The first kappa shape index (κ1) is 14.3. The van der Waals surface area contributed by atoms with Gasteiger partial charge in [0, 0.05) is 6.07 Å². The van der Waals surface area contributed by atoms with Crippen LogP contribution in [0.4, 0.5) is 5.69 Å². The van der Waals surface area contributed by atoms with Crippen molar-refractivity contribution in [3.8, 4) is 17.6 Å². The number of hydrogen-bond acceptors (Lipinski definition) is 5. The Morgan fingerprint density at radius 2 is 2.00 bits per heavy atom. The normalized spacial score (nSPS) is 9.71. The lowest BCUT2D eigenvalue weighted by molar-refractivity contribution is -0.385. The largest absolute Gasteiger partial charge is 0.495 e. The number of nitriles is 1. The van der Waals surface area contributed by atoms with E-state index < -0.39 is 4.92 Å². The molecule has 106 valence electrons. The quantitative estimate of drug-likeness (QED) is 0.622.